The van der Waals surface area contributed by atoms with E-state index in [2.05, 4.69) is 211 Å². The second-order valence-corrected chi connectivity index (χ2v) is 16.8. The Bertz CT molecular complexity index is 3810. The molecular formula is C59H39N3O2. The van der Waals surface area contributed by atoms with E-state index in [9.17, 15) is 0 Å². The molecule has 0 spiro atoms. The van der Waals surface area contributed by atoms with Gasteiger partial charge in [0, 0.05) is 27.1 Å². The molecule has 2 N–H and O–H groups in total. The van der Waals surface area contributed by atoms with E-state index in [4.69, 9.17) is 13.8 Å². The highest BCUT2D eigenvalue weighted by atomic mass is 16.3. The number of amidine groups is 1. The van der Waals surface area contributed by atoms with E-state index in [0.717, 1.165) is 94.0 Å². The molecule has 0 radical (unpaired) electrons. The molecule has 0 amide bonds. The molecule has 13 rings (SSSR count). The average molecular weight is 822 g/mol. The Morgan fingerprint density at radius 1 is 0.359 bits per heavy atom. The summed E-state index contributed by atoms with van der Waals surface area (Å²) in [5.74, 6) is 0.838. The van der Waals surface area contributed by atoms with Crippen LogP contribution < -0.4 is 10.6 Å². The lowest BCUT2D eigenvalue weighted by Gasteiger charge is -2.32. The molecule has 0 saturated carbocycles. The second-order valence-electron chi connectivity index (χ2n) is 16.8. The first-order valence-electron chi connectivity index (χ1n) is 21.8. The van der Waals surface area contributed by atoms with E-state index in [1.54, 1.807) is 0 Å². The molecule has 5 nitrogen and oxygen atoms in total. The van der Waals surface area contributed by atoms with Crippen molar-refractivity contribution >= 4 is 71.3 Å². The molecule has 64 heavy (non-hydrogen) atoms. The zero-order chi connectivity index (χ0) is 42.1. The highest BCUT2D eigenvalue weighted by Crippen LogP contribution is 2.42. The first-order chi connectivity index (χ1) is 31.6. The summed E-state index contributed by atoms with van der Waals surface area (Å²) in [6.45, 7) is 0. The van der Waals surface area contributed by atoms with Gasteiger partial charge in [-0.3, -0.25) is 5.32 Å². The Morgan fingerprint density at radius 2 is 1.02 bits per heavy atom. The van der Waals surface area contributed by atoms with Gasteiger partial charge in [0.05, 0.1) is 0 Å². The van der Waals surface area contributed by atoms with Crippen molar-refractivity contribution in [2.24, 2.45) is 4.99 Å². The topological polar surface area (TPSA) is 62.7 Å². The van der Waals surface area contributed by atoms with Gasteiger partial charge in [-0.15, -0.1) is 0 Å². The summed E-state index contributed by atoms with van der Waals surface area (Å²) < 4.78 is 13.0. The van der Waals surface area contributed by atoms with E-state index in [1.165, 1.54) is 27.3 Å². The number of rotatable bonds is 6. The van der Waals surface area contributed by atoms with Crippen LogP contribution in [0.1, 0.15) is 29.0 Å². The molecular weight excluding hydrogens is 783 g/mol. The second kappa shape index (κ2) is 14.7. The maximum Gasteiger partial charge on any atom is 0.136 e. The lowest BCUT2D eigenvalue weighted by molar-refractivity contribution is 0.409. The van der Waals surface area contributed by atoms with Crippen LogP contribution in [0.5, 0.6) is 0 Å². The summed E-state index contributed by atoms with van der Waals surface area (Å²) >= 11 is 0. The van der Waals surface area contributed by atoms with Gasteiger partial charge in [0.1, 0.15) is 40.5 Å². The smallest absolute Gasteiger partial charge is 0.136 e. The lowest BCUT2D eigenvalue weighted by Crippen LogP contribution is -2.44. The molecule has 2 aromatic heterocycles. The Morgan fingerprint density at radius 3 is 1.86 bits per heavy atom. The molecule has 10 aromatic carbocycles. The number of hydrogen-bond donors (Lipinski definition) is 2. The number of hydrogen-bond acceptors (Lipinski definition) is 5. The number of nitrogens with one attached hydrogen (secondary N) is 2. The maximum atomic E-state index is 6.76. The Kier molecular flexibility index (Phi) is 8.36. The molecule has 0 saturated heterocycles. The Balaban J connectivity index is 0.924. The molecule has 2 atom stereocenters. The average Bonchev–Trinajstić information content (AvgIpc) is 3.93. The first-order valence-corrected chi connectivity index (χ1v) is 21.8. The zero-order valence-corrected chi connectivity index (χ0v) is 34.6. The minimum Gasteiger partial charge on any atom is -0.456 e. The largest absolute Gasteiger partial charge is 0.456 e. The number of aliphatic imine (C=N–C) groups is 1. The van der Waals surface area contributed by atoms with Gasteiger partial charge in [0.25, 0.3) is 0 Å². The summed E-state index contributed by atoms with van der Waals surface area (Å²) in [5, 5.41) is 16.8. The van der Waals surface area contributed by atoms with E-state index < -0.39 is 0 Å². The molecule has 0 aliphatic carbocycles. The third-order valence-electron chi connectivity index (χ3n) is 12.9. The quantitative estimate of drug-likeness (QED) is 0.175. The van der Waals surface area contributed by atoms with Gasteiger partial charge >= 0.3 is 0 Å². The number of para-hydroxylation sites is 1. The third kappa shape index (κ3) is 6.25. The van der Waals surface area contributed by atoms with Gasteiger partial charge in [-0.2, -0.15) is 0 Å². The van der Waals surface area contributed by atoms with Crippen molar-refractivity contribution in [3.63, 3.8) is 0 Å². The summed E-state index contributed by atoms with van der Waals surface area (Å²) in [5.41, 5.74) is 13.5. The minimum absolute atomic E-state index is 0.233. The van der Waals surface area contributed by atoms with Crippen LogP contribution in [-0.4, -0.2) is 5.84 Å². The minimum atomic E-state index is -0.319. The van der Waals surface area contributed by atoms with Crippen LogP contribution in [-0.2, 0) is 0 Å². The highest BCUT2D eigenvalue weighted by molar-refractivity contribution is 6.16. The Labute approximate surface area is 368 Å². The number of furan rings is 2. The van der Waals surface area contributed by atoms with Gasteiger partial charge < -0.3 is 14.2 Å². The molecule has 2 unspecified atom stereocenters. The fourth-order valence-corrected chi connectivity index (χ4v) is 9.65. The molecule has 12 aromatic rings. The van der Waals surface area contributed by atoms with Crippen LogP contribution in [0.15, 0.2) is 226 Å². The van der Waals surface area contributed by atoms with Crippen LogP contribution in [0.2, 0.25) is 0 Å². The van der Waals surface area contributed by atoms with Crippen molar-refractivity contribution in [3.05, 3.63) is 229 Å². The fraction of sp³-hybridized carbons (Fsp3) is 0.0339. The van der Waals surface area contributed by atoms with Crippen molar-refractivity contribution in [2.75, 3.05) is 0 Å². The van der Waals surface area contributed by atoms with Gasteiger partial charge in [0.2, 0.25) is 0 Å². The molecule has 0 fully saturated rings. The standard InChI is InChI=1S/C59H39N3O2/c1-2-11-36(12-3-1)41-17-10-18-42(29-41)47-33-49(56-51-31-43-15-6-7-16-44(43)34-54(51)64-55(56)35-47)38-22-24-39(25-23-38)57-60-58(45-26-21-37-13-4-5-14-40(37)30-45)62-59(61-57)46-27-28-53-50(32-46)48-19-8-9-20-52(48)63-53/h1-35,57,59,61H,(H,60,62). The molecule has 1 aliphatic rings. The summed E-state index contributed by atoms with van der Waals surface area (Å²) in [6, 6.07) is 75.5. The summed E-state index contributed by atoms with van der Waals surface area (Å²) in [7, 11) is 0. The normalized spacial score (nSPS) is 15.3. The predicted octanol–water partition coefficient (Wildman–Crippen LogP) is 15.1. The summed E-state index contributed by atoms with van der Waals surface area (Å²) in [4.78, 5) is 5.34. The first kappa shape index (κ1) is 36.4. The van der Waals surface area contributed by atoms with E-state index in [1.807, 2.05) is 12.1 Å². The van der Waals surface area contributed by atoms with Gasteiger partial charge in [-0.25, -0.2) is 4.99 Å². The number of fused-ring (bicyclic) bond motifs is 8. The zero-order valence-electron chi connectivity index (χ0n) is 34.6. The van der Waals surface area contributed by atoms with Gasteiger partial charge in [0.15, 0.2) is 0 Å². The van der Waals surface area contributed by atoms with Crippen molar-refractivity contribution in [1.29, 1.82) is 0 Å². The van der Waals surface area contributed by atoms with Crippen LogP contribution in [0.3, 0.4) is 0 Å². The van der Waals surface area contributed by atoms with Crippen molar-refractivity contribution in [3.8, 4) is 33.4 Å². The Hall–Kier alpha value is -8.25. The SMILES string of the molecule is c1ccc(-c2cccc(-c3cc(-c4ccc(C5NC(c6ccc7ccccc7c6)=NC(c6ccc7oc8ccccc8c7c6)N5)cc4)c4c(c3)oc3cc5ccccc5cc34)c2)cc1. The number of benzene rings is 10. The fourth-order valence-electron chi connectivity index (χ4n) is 9.65. The molecule has 0 bridgehead atoms. The van der Waals surface area contributed by atoms with Gasteiger partial charge in [-0.1, -0.05) is 158 Å². The van der Waals surface area contributed by atoms with Crippen molar-refractivity contribution < 1.29 is 8.83 Å². The third-order valence-corrected chi connectivity index (χ3v) is 12.9. The van der Waals surface area contributed by atoms with Gasteiger partial charge in [-0.05, 0) is 121 Å². The maximum absolute atomic E-state index is 6.76. The van der Waals surface area contributed by atoms with E-state index in [-0.39, 0.29) is 12.3 Å². The predicted molar refractivity (Wildman–Crippen MR) is 263 cm³/mol. The van der Waals surface area contributed by atoms with Crippen LogP contribution in [0.25, 0.3) is 98.8 Å². The number of nitrogens with zero attached hydrogens (tertiary/aromatic N) is 1. The van der Waals surface area contributed by atoms with E-state index in [0.29, 0.717) is 0 Å². The molecule has 302 valence electrons. The molecule has 3 heterocycles. The van der Waals surface area contributed by atoms with Crippen molar-refractivity contribution in [2.45, 2.75) is 12.3 Å². The van der Waals surface area contributed by atoms with Crippen LogP contribution >= 0.6 is 0 Å². The monoisotopic (exact) mass is 821 g/mol. The van der Waals surface area contributed by atoms with Crippen LogP contribution in [0.4, 0.5) is 0 Å². The van der Waals surface area contributed by atoms with Crippen molar-refractivity contribution in [1.82, 2.24) is 10.6 Å². The molecule has 5 heteroatoms. The van der Waals surface area contributed by atoms with E-state index >= 15 is 0 Å². The highest BCUT2D eigenvalue weighted by Gasteiger charge is 2.27. The summed E-state index contributed by atoms with van der Waals surface area (Å²) in [6.07, 6.45) is -0.552. The lowest BCUT2D eigenvalue weighted by atomic mass is 9.92. The van der Waals surface area contributed by atoms with Crippen LogP contribution in [0, 0.1) is 0 Å². The molecule has 1 aliphatic heterocycles.